The minimum atomic E-state index is -4.72. The Kier molecular flexibility index (Phi) is 7.56. The van der Waals surface area contributed by atoms with E-state index in [1.807, 2.05) is 0 Å². The van der Waals surface area contributed by atoms with Gasteiger partial charge < -0.3 is 24.1 Å². The van der Waals surface area contributed by atoms with Gasteiger partial charge in [0.2, 0.25) is 12.7 Å². The molecule has 11 heteroatoms. The molecule has 0 radical (unpaired) electrons. The van der Waals surface area contributed by atoms with E-state index in [0.717, 1.165) is 0 Å². The highest BCUT2D eigenvalue weighted by Gasteiger charge is 2.40. The zero-order valence-electron chi connectivity index (χ0n) is 19.5. The summed E-state index contributed by atoms with van der Waals surface area (Å²) in [6.45, 7) is 0.115. The number of aromatic nitrogens is 2. The van der Waals surface area contributed by atoms with Crippen LogP contribution in [0.15, 0.2) is 42.5 Å². The highest BCUT2D eigenvalue weighted by Crippen LogP contribution is 2.39. The largest absolute Gasteiger partial charge is 0.497 e. The molecule has 0 atom stereocenters. The first-order valence-corrected chi connectivity index (χ1v) is 11.3. The van der Waals surface area contributed by atoms with Crippen LogP contribution in [0, 0.1) is 0 Å². The third kappa shape index (κ3) is 6.02. The maximum absolute atomic E-state index is 14.1. The highest BCUT2D eigenvalue weighted by atomic mass is 19.4. The number of rotatable bonds is 11. The van der Waals surface area contributed by atoms with Crippen molar-refractivity contribution in [1.29, 1.82) is 0 Å². The average molecular weight is 506 g/mol. The number of carboxylic acid groups (broad SMARTS) is 1. The average Bonchev–Trinajstić information content (AvgIpc) is 3.43. The Morgan fingerprint density at radius 2 is 1.92 bits per heavy atom. The molecule has 3 aromatic rings. The van der Waals surface area contributed by atoms with E-state index in [1.165, 1.54) is 11.8 Å². The van der Waals surface area contributed by atoms with E-state index >= 15 is 0 Å². The van der Waals surface area contributed by atoms with E-state index in [9.17, 15) is 18.0 Å². The number of ether oxygens (including phenoxy) is 4. The Balaban J connectivity index is 1.69. The van der Waals surface area contributed by atoms with Crippen molar-refractivity contribution in [3.8, 4) is 23.1 Å². The van der Waals surface area contributed by atoms with Gasteiger partial charge in [0.15, 0.2) is 17.2 Å². The van der Waals surface area contributed by atoms with Gasteiger partial charge in [-0.15, -0.1) is 0 Å². The first-order valence-electron chi connectivity index (χ1n) is 11.3. The number of carbonyl (C=O) groups is 1. The van der Waals surface area contributed by atoms with Gasteiger partial charge in [-0.05, 0) is 48.2 Å². The SMILES string of the molecule is COc1cccc(Cn2nc(C(F)(F)F)c(Cc3ccc4c(c3)OCO4)c2OCCCCC(=O)O)c1. The second-order valence-corrected chi connectivity index (χ2v) is 8.20. The smallest absolute Gasteiger partial charge is 0.435 e. The molecule has 0 unspecified atom stereocenters. The van der Waals surface area contributed by atoms with Gasteiger partial charge >= 0.3 is 12.1 Å². The summed E-state index contributed by atoms with van der Waals surface area (Å²) >= 11 is 0. The number of nitrogens with zero attached hydrogens (tertiary/aromatic N) is 2. The fourth-order valence-corrected chi connectivity index (χ4v) is 3.89. The summed E-state index contributed by atoms with van der Waals surface area (Å²) in [6, 6.07) is 11.9. The molecule has 2 heterocycles. The van der Waals surface area contributed by atoms with Crippen molar-refractivity contribution >= 4 is 5.97 Å². The molecule has 0 amide bonds. The number of halogens is 3. The predicted molar refractivity (Wildman–Crippen MR) is 122 cm³/mol. The topological polar surface area (TPSA) is 92.0 Å². The Morgan fingerprint density at radius 3 is 2.67 bits per heavy atom. The number of fused-ring (bicyclic) bond motifs is 1. The molecule has 1 aliphatic heterocycles. The van der Waals surface area contributed by atoms with Crippen LogP contribution in [0.1, 0.15) is 41.6 Å². The lowest BCUT2D eigenvalue weighted by Gasteiger charge is -2.13. The summed E-state index contributed by atoms with van der Waals surface area (Å²) in [7, 11) is 1.50. The molecule has 0 bridgehead atoms. The van der Waals surface area contributed by atoms with Crippen molar-refractivity contribution in [3.63, 3.8) is 0 Å². The number of carboxylic acids is 1. The maximum Gasteiger partial charge on any atom is 0.435 e. The number of alkyl halides is 3. The summed E-state index contributed by atoms with van der Waals surface area (Å²) in [4.78, 5) is 10.8. The van der Waals surface area contributed by atoms with Gasteiger partial charge in [-0.2, -0.15) is 18.3 Å². The standard InChI is InChI=1S/C25H25F3N2O6/c1-33-18-6-4-5-17(11-18)14-30-24(34-10-3-2-7-22(31)32)19(23(29-30)25(26,27)28)12-16-8-9-20-21(13-16)36-15-35-20/h4-6,8-9,11,13H,2-3,7,10,12,14-15H2,1H3,(H,31,32). The molecule has 0 fully saturated rings. The lowest BCUT2D eigenvalue weighted by Crippen LogP contribution is -2.10. The molecule has 8 nitrogen and oxygen atoms in total. The molecule has 0 saturated carbocycles. The highest BCUT2D eigenvalue weighted by molar-refractivity contribution is 5.66. The van der Waals surface area contributed by atoms with Crippen LogP contribution in [0.25, 0.3) is 0 Å². The molecule has 0 saturated heterocycles. The number of hydrogen-bond acceptors (Lipinski definition) is 6. The quantitative estimate of drug-likeness (QED) is 0.370. The molecule has 4 rings (SSSR count). The number of benzene rings is 2. The number of unbranched alkanes of at least 4 members (excludes halogenated alkanes) is 1. The summed E-state index contributed by atoms with van der Waals surface area (Å²) in [6.07, 6.45) is -4.17. The normalized spacial score (nSPS) is 12.6. The molecular formula is C25H25F3N2O6. The lowest BCUT2D eigenvalue weighted by atomic mass is 10.0. The zero-order valence-corrected chi connectivity index (χ0v) is 19.5. The van der Waals surface area contributed by atoms with Crippen LogP contribution in [0.5, 0.6) is 23.1 Å². The fourth-order valence-electron chi connectivity index (χ4n) is 3.89. The third-order valence-electron chi connectivity index (χ3n) is 5.58. The first kappa shape index (κ1) is 25.2. The van der Waals surface area contributed by atoms with Crippen molar-refractivity contribution in [3.05, 3.63) is 64.8 Å². The molecule has 0 spiro atoms. The Morgan fingerprint density at radius 1 is 1.11 bits per heavy atom. The summed E-state index contributed by atoms with van der Waals surface area (Å²) in [5.41, 5.74) is 0.100. The summed E-state index contributed by atoms with van der Waals surface area (Å²) < 4.78 is 65.2. The molecular weight excluding hydrogens is 481 g/mol. The van der Waals surface area contributed by atoms with Crippen molar-refractivity contribution in [2.45, 2.75) is 38.4 Å². The van der Waals surface area contributed by atoms with Crippen LogP contribution in [-0.2, 0) is 23.9 Å². The minimum absolute atomic E-state index is 0.0156. The number of aliphatic carboxylic acids is 1. The second-order valence-electron chi connectivity index (χ2n) is 8.20. The monoisotopic (exact) mass is 506 g/mol. The minimum Gasteiger partial charge on any atom is -0.497 e. The van der Waals surface area contributed by atoms with Gasteiger partial charge in [0.05, 0.1) is 25.8 Å². The van der Waals surface area contributed by atoms with Gasteiger partial charge in [-0.3, -0.25) is 4.79 Å². The van der Waals surface area contributed by atoms with E-state index in [2.05, 4.69) is 5.10 Å². The number of methoxy groups -OCH3 is 1. The Labute approximate surface area is 205 Å². The number of hydrogen-bond donors (Lipinski definition) is 1. The summed E-state index contributed by atoms with van der Waals surface area (Å²) in [5, 5.41) is 12.7. The van der Waals surface area contributed by atoms with Crippen molar-refractivity contribution in [1.82, 2.24) is 9.78 Å². The van der Waals surface area contributed by atoms with Crippen molar-refractivity contribution < 1.29 is 42.0 Å². The maximum atomic E-state index is 14.1. The van der Waals surface area contributed by atoms with Crippen LogP contribution < -0.4 is 18.9 Å². The summed E-state index contributed by atoms with van der Waals surface area (Å²) in [5.74, 6) is 0.589. The molecule has 36 heavy (non-hydrogen) atoms. The fraction of sp³-hybridized carbons (Fsp3) is 0.360. The van der Waals surface area contributed by atoms with Gasteiger partial charge in [-0.25, -0.2) is 4.68 Å². The van der Waals surface area contributed by atoms with Gasteiger partial charge in [0.1, 0.15) is 5.75 Å². The van der Waals surface area contributed by atoms with Crippen molar-refractivity contribution in [2.75, 3.05) is 20.5 Å². The molecule has 1 N–H and O–H groups in total. The first-order chi connectivity index (χ1) is 17.2. The van der Waals surface area contributed by atoms with E-state index < -0.39 is 17.8 Å². The lowest BCUT2D eigenvalue weighted by molar-refractivity contribution is -0.142. The Hall–Kier alpha value is -3.89. The third-order valence-corrected chi connectivity index (χ3v) is 5.58. The van der Waals surface area contributed by atoms with Crippen molar-refractivity contribution in [2.24, 2.45) is 0 Å². The second kappa shape index (κ2) is 10.8. The van der Waals surface area contributed by atoms with Gasteiger partial charge in [-0.1, -0.05) is 18.2 Å². The van der Waals surface area contributed by atoms with Gasteiger partial charge in [0.25, 0.3) is 0 Å². The van der Waals surface area contributed by atoms with Crippen LogP contribution >= 0.6 is 0 Å². The van der Waals surface area contributed by atoms with E-state index in [4.69, 9.17) is 24.1 Å². The van der Waals surface area contributed by atoms with E-state index in [-0.39, 0.29) is 44.2 Å². The van der Waals surface area contributed by atoms with Crippen LogP contribution in [0.3, 0.4) is 0 Å². The molecule has 1 aromatic heterocycles. The predicted octanol–water partition coefficient (Wildman–Crippen LogP) is 4.91. The van der Waals surface area contributed by atoms with Gasteiger partial charge in [0, 0.05) is 12.8 Å². The van der Waals surface area contributed by atoms with Crippen LogP contribution in [-0.4, -0.2) is 41.4 Å². The van der Waals surface area contributed by atoms with Crippen LogP contribution in [0.4, 0.5) is 13.2 Å². The zero-order chi connectivity index (χ0) is 25.7. The molecule has 1 aliphatic rings. The molecule has 2 aromatic carbocycles. The molecule has 192 valence electrons. The molecule has 0 aliphatic carbocycles. The Bertz CT molecular complexity index is 1220. The van der Waals surface area contributed by atoms with Crippen LogP contribution in [0.2, 0.25) is 0 Å². The van der Waals surface area contributed by atoms with E-state index in [1.54, 1.807) is 42.5 Å². The van der Waals surface area contributed by atoms with E-state index in [0.29, 0.717) is 41.2 Å².